The predicted octanol–water partition coefficient (Wildman–Crippen LogP) is 2.68. The number of anilines is 1. The number of benzene rings is 1. The number of nitrogens with zero attached hydrogens (tertiary/aromatic N) is 2. The van der Waals surface area contributed by atoms with Crippen LogP contribution in [0.4, 0.5) is 11.4 Å². The summed E-state index contributed by atoms with van der Waals surface area (Å²) in [6, 6.07) is 6.30. The highest BCUT2D eigenvalue weighted by atomic mass is 32.2. The van der Waals surface area contributed by atoms with Crippen LogP contribution in [0.5, 0.6) is 0 Å². The van der Waals surface area contributed by atoms with E-state index in [1.54, 1.807) is 12.1 Å². The van der Waals surface area contributed by atoms with Crippen molar-refractivity contribution in [1.82, 2.24) is 0 Å². The maximum absolute atomic E-state index is 10.4. The van der Waals surface area contributed by atoms with Crippen LogP contribution in [-0.4, -0.2) is 22.5 Å². The van der Waals surface area contributed by atoms with Gasteiger partial charge in [0.05, 0.1) is 4.92 Å². The molecule has 0 atom stereocenters. The van der Waals surface area contributed by atoms with Crippen LogP contribution < -0.4 is 4.90 Å². The second-order valence-corrected chi connectivity index (χ2v) is 4.24. The molecular weight excluding hydrogens is 232 g/mol. The SMILES string of the molecule is CSC(=S)N(C)c1ccc([N+](=O)[O-])cc1. The number of hydrogen-bond acceptors (Lipinski definition) is 4. The van der Waals surface area contributed by atoms with Gasteiger partial charge < -0.3 is 4.90 Å². The molecule has 0 amide bonds. The fraction of sp³-hybridized carbons (Fsp3) is 0.222. The van der Waals surface area contributed by atoms with Crippen molar-refractivity contribution >= 4 is 39.7 Å². The highest BCUT2D eigenvalue weighted by Gasteiger charge is 2.08. The normalized spacial score (nSPS) is 9.73. The number of rotatable bonds is 2. The van der Waals surface area contributed by atoms with Crippen molar-refractivity contribution in [1.29, 1.82) is 0 Å². The zero-order chi connectivity index (χ0) is 11.4. The number of thiocarbonyl (C=S) groups is 1. The van der Waals surface area contributed by atoms with Crippen LogP contribution in [0.15, 0.2) is 24.3 Å². The average Bonchev–Trinajstić information content (AvgIpc) is 2.27. The zero-order valence-electron chi connectivity index (χ0n) is 8.34. The molecule has 0 saturated heterocycles. The monoisotopic (exact) mass is 242 g/mol. The molecule has 4 nitrogen and oxygen atoms in total. The first kappa shape index (κ1) is 11.9. The lowest BCUT2D eigenvalue weighted by atomic mass is 10.3. The molecule has 6 heteroatoms. The van der Waals surface area contributed by atoms with Gasteiger partial charge in [-0.25, -0.2) is 0 Å². The molecule has 0 aliphatic carbocycles. The molecule has 0 aromatic heterocycles. The van der Waals surface area contributed by atoms with Crippen LogP contribution in [0, 0.1) is 10.1 Å². The quantitative estimate of drug-likeness (QED) is 0.453. The number of thioether (sulfide) groups is 1. The van der Waals surface area contributed by atoms with E-state index in [-0.39, 0.29) is 5.69 Å². The van der Waals surface area contributed by atoms with Crippen molar-refractivity contribution in [2.24, 2.45) is 0 Å². The molecular formula is C9H10N2O2S2. The first-order valence-electron chi connectivity index (χ1n) is 4.12. The Hall–Kier alpha value is -1.14. The van der Waals surface area contributed by atoms with E-state index in [9.17, 15) is 10.1 Å². The lowest BCUT2D eigenvalue weighted by Crippen LogP contribution is -2.20. The van der Waals surface area contributed by atoms with E-state index >= 15 is 0 Å². The van der Waals surface area contributed by atoms with Gasteiger partial charge in [-0.3, -0.25) is 10.1 Å². The van der Waals surface area contributed by atoms with Crippen LogP contribution in [-0.2, 0) is 0 Å². The van der Waals surface area contributed by atoms with E-state index in [1.807, 2.05) is 18.2 Å². The van der Waals surface area contributed by atoms with E-state index in [4.69, 9.17) is 12.2 Å². The fourth-order valence-corrected chi connectivity index (χ4v) is 1.52. The van der Waals surface area contributed by atoms with Gasteiger partial charge in [0, 0.05) is 24.9 Å². The first-order valence-corrected chi connectivity index (χ1v) is 5.75. The van der Waals surface area contributed by atoms with Gasteiger partial charge in [0.2, 0.25) is 0 Å². The topological polar surface area (TPSA) is 46.4 Å². The summed E-state index contributed by atoms with van der Waals surface area (Å²) < 4.78 is 0.726. The van der Waals surface area contributed by atoms with Crippen molar-refractivity contribution < 1.29 is 4.92 Å². The molecule has 1 rings (SSSR count). The highest BCUT2D eigenvalue weighted by molar-refractivity contribution is 8.22. The average molecular weight is 242 g/mol. The summed E-state index contributed by atoms with van der Waals surface area (Å²) in [6.45, 7) is 0. The van der Waals surface area contributed by atoms with Gasteiger partial charge in [0.15, 0.2) is 0 Å². The minimum absolute atomic E-state index is 0.0854. The minimum Gasteiger partial charge on any atom is -0.330 e. The van der Waals surface area contributed by atoms with E-state index < -0.39 is 4.92 Å². The summed E-state index contributed by atoms with van der Waals surface area (Å²) in [7, 11) is 1.83. The minimum atomic E-state index is -0.420. The molecule has 0 saturated carbocycles. The Balaban J connectivity index is 2.89. The maximum Gasteiger partial charge on any atom is 0.269 e. The molecule has 0 unspecified atom stereocenters. The molecule has 1 aromatic carbocycles. The fourth-order valence-electron chi connectivity index (χ4n) is 1.04. The molecule has 0 aliphatic heterocycles. The molecule has 0 fully saturated rings. The molecule has 0 heterocycles. The lowest BCUT2D eigenvalue weighted by Gasteiger charge is -2.17. The van der Waals surface area contributed by atoms with Crippen molar-refractivity contribution in [3.05, 3.63) is 34.4 Å². The van der Waals surface area contributed by atoms with E-state index in [0.29, 0.717) is 0 Å². The summed E-state index contributed by atoms with van der Waals surface area (Å²) in [5, 5.41) is 10.4. The van der Waals surface area contributed by atoms with Crippen LogP contribution >= 0.6 is 24.0 Å². The summed E-state index contributed by atoms with van der Waals surface area (Å²) in [6.07, 6.45) is 1.89. The Kier molecular flexibility index (Phi) is 4.05. The number of hydrogen-bond donors (Lipinski definition) is 0. The third-order valence-corrected chi connectivity index (χ3v) is 3.29. The second kappa shape index (κ2) is 5.09. The predicted molar refractivity (Wildman–Crippen MR) is 67.6 cm³/mol. The molecule has 0 spiro atoms. The van der Waals surface area contributed by atoms with Crippen LogP contribution in [0.1, 0.15) is 0 Å². The number of non-ortho nitro benzene ring substituents is 1. The Morgan fingerprint density at radius 2 is 2.00 bits per heavy atom. The third kappa shape index (κ3) is 2.90. The zero-order valence-corrected chi connectivity index (χ0v) is 9.97. The van der Waals surface area contributed by atoms with Gasteiger partial charge in [-0.15, -0.1) is 11.8 Å². The second-order valence-electron chi connectivity index (χ2n) is 2.80. The summed E-state index contributed by atoms with van der Waals surface area (Å²) in [5.41, 5.74) is 0.933. The van der Waals surface area contributed by atoms with E-state index in [1.165, 1.54) is 23.9 Å². The van der Waals surface area contributed by atoms with Crippen molar-refractivity contribution in [2.45, 2.75) is 0 Å². The lowest BCUT2D eigenvalue weighted by molar-refractivity contribution is -0.384. The maximum atomic E-state index is 10.4. The summed E-state index contributed by atoms with van der Waals surface area (Å²) >= 11 is 6.56. The summed E-state index contributed by atoms with van der Waals surface area (Å²) in [4.78, 5) is 11.8. The molecule has 0 bridgehead atoms. The Morgan fingerprint density at radius 1 is 1.47 bits per heavy atom. The molecule has 0 radical (unpaired) electrons. The molecule has 0 N–H and O–H groups in total. The van der Waals surface area contributed by atoms with Crippen LogP contribution in [0.25, 0.3) is 0 Å². The molecule has 15 heavy (non-hydrogen) atoms. The van der Waals surface area contributed by atoms with Crippen LogP contribution in [0.3, 0.4) is 0 Å². The Bertz CT molecular complexity index is 378. The van der Waals surface area contributed by atoms with Crippen LogP contribution in [0.2, 0.25) is 0 Å². The van der Waals surface area contributed by atoms with Gasteiger partial charge in [-0.1, -0.05) is 12.2 Å². The smallest absolute Gasteiger partial charge is 0.269 e. The van der Waals surface area contributed by atoms with Gasteiger partial charge in [-0.2, -0.15) is 0 Å². The highest BCUT2D eigenvalue weighted by Crippen LogP contribution is 2.20. The van der Waals surface area contributed by atoms with Gasteiger partial charge >= 0.3 is 0 Å². The van der Waals surface area contributed by atoms with Gasteiger partial charge in [0.1, 0.15) is 4.32 Å². The number of nitro benzene ring substituents is 1. The van der Waals surface area contributed by atoms with Gasteiger partial charge in [0.25, 0.3) is 5.69 Å². The van der Waals surface area contributed by atoms with Crippen molar-refractivity contribution in [2.75, 3.05) is 18.2 Å². The van der Waals surface area contributed by atoms with E-state index in [0.717, 1.165) is 10.0 Å². The van der Waals surface area contributed by atoms with Crippen molar-refractivity contribution in [3.63, 3.8) is 0 Å². The molecule has 80 valence electrons. The van der Waals surface area contributed by atoms with Gasteiger partial charge in [-0.05, 0) is 18.4 Å². The number of nitro groups is 1. The molecule has 0 aliphatic rings. The van der Waals surface area contributed by atoms with Crippen molar-refractivity contribution in [3.8, 4) is 0 Å². The third-order valence-electron chi connectivity index (χ3n) is 1.90. The Labute approximate surface area is 97.4 Å². The summed E-state index contributed by atoms with van der Waals surface area (Å²) in [5.74, 6) is 0. The largest absolute Gasteiger partial charge is 0.330 e. The standard InChI is InChI=1S/C9H10N2O2S2/c1-10(9(14)15-2)7-3-5-8(6-4-7)11(12)13/h3-6H,1-2H3. The molecule has 1 aromatic rings. The van der Waals surface area contributed by atoms with E-state index in [2.05, 4.69) is 0 Å². The first-order chi connectivity index (χ1) is 7.06. The Morgan fingerprint density at radius 3 is 2.40 bits per heavy atom.